The van der Waals surface area contributed by atoms with E-state index in [1.807, 2.05) is 0 Å². The molecular formula is C80H156O17P2. The van der Waals surface area contributed by atoms with Crippen molar-refractivity contribution in [2.75, 3.05) is 39.6 Å². The van der Waals surface area contributed by atoms with Crippen molar-refractivity contribution < 1.29 is 80.2 Å². The van der Waals surface area contributed by atoms with Crippen molar-refractivity contribution >= 4 is 39.5 Å². The molecule has 3 N–H and O–H groups in total. The van der Waals surface area contributed by atoms with Crippen LogP contribution in [0, 0.1) is 17.8 Å². The molecule has 0 aliphatic heterocycles. The number of carbonyl (C=O) groups is 4. The molecule has 0 aromatic carbocycles. The van der Waals surface area contributed by atoms with Gasteiger partial charge in [0.1, 0.15) is 19.3 Å². The first-order valence-electron chi connectivity index (χ1n) is 41.4. The zero-order valence-electron chi connectivity index (χ0n) is 65.0. The third kappa shape index (κ3) is 71.5. The predicted molar refractivity (Wildman–Crippen MR) is 405 cm³/mol. The quantitative estimate of drug-likeness (QED) is 0.0222. The molecule has 0 bridgehead atoms. The number of phosphoric acid groups is 2. The summed E-state index contributed by atoms with van der Waals surface area (Å²) in [4.78, 5) is 73.0. The average molecular weight is 1450 g/mol. The maximum Gasteiger partial charge on any atom is 0.472 e. The molecule has 99 heavy (non-hydrogen) atoms. The summed E-state index contributed by atoms with van der Waals surface area (Å²) in [5.41, 5.74) is 0. The van der Waals surface area contributed by atoms with E-state index >= 15 is 0 Å². The maximum absolute atomic E-state index is 13.1. The van der Waals surface area contributed by atoms with Gasteiger partial charge in [0.2, 0.25) is 0 Å². The Morgan fingerprint density at radius 3 is 0.768 bits per heavy atom. The van der Waals surface area contributed by atoms with Crippen LogP contribution in [0.15, 0.2) is 0 Å². The second-order valence-corrected chi connectivity index (χ2v) is 32.7. The Morgan fingerprint density at radius 2 is 0.515 bits per heavy atom. The van der Waals surface area contributed by atoms with Crippen molar-refractivity contribution in [1.82, 2.24) is 0 Å². The fraction of sp³-hybridized carbons (Fsp3) is 0.950. The van der Waals surface area contributed by atoms with E-state index in [1.165, 1.54) is 225 Å². The largest absolute Gasteiger partial charge is 0.472 e. The normalized spacial score (nSPS) is 14.5. The first-order valence-corrected chi connectivity index (χ1v) is 44.4. The van der Waals surface area contributed by atoms with Gasteiger partial charge in [-0.1, -0.05) is 363 Å². The number of carbonyl (C=O) groups excluding carboxylic acids is 4. The minimum absolute atomic E-state index is 0.106. The second kappa shape index (κ2) is 70.4. The van der Waals surface area contributed by atoms with Gasteiger partial charge < -0.3 is 33.8 Å². The van der Waals surface area contributed by atoms with Gasteiger partial charge in [-0.3, -0.25) is 37.3 Å². The van der Waals surface area contributed by atoms with Crippen LogP contribution in [0.5, 0.6) is 0 Å². The van der Waals surface area contributed by atoms with Crippen molar-refractivity contribution in [3.8, 4) is 0 Å². The number of rotatable bonds is 78. The third-order valence-corrected chi connectivity index (χ3v) is 21.3. The summed E-state index contributed by atoms with van der Waals surface area (Å²) in [6.07, 6.45) is 58.0. The molecular weight excluding hydrogens is 1290 g/mol. The van der Waals surface area contributed by atoms with Gasteiger partial charge in [0.15, 0.2) is 12.2 Å². The lowest BCUT2D eigenvalue weighted by molar-refractivity contribution is -0.161. The average Bonchev–Trinajstić information content (AvgIpc) is 1.15. The monoisotopic (exact) mass is 1450 g/mol. The van der Waals surface area contributed by atoms with Crippen LogP contribution in [0.2, 0.25) is 0 Å². The van der Waals surface area contributed by atoms with Gasteiger partial charge >= 0.3 is 39.5 Å². The molecule has 17 nitrogen and oxygen atoms in total. The number of esters is 4. The first kappa shape index (κ1) is 97.1. The summed E-state index contributed by atoms with van der Waals surface area (Å²) in [5, 5.41) is 10.6. The highest BCUT2D eigenvalue weighted by atomic mass is 31.2. The highest BCUT2D eigenvalue weighted by Gasteiger charge is 2.30. The van der Waals surface area contributed by atoms with Crippen LogP contribution in [-0.2, 0) is 65.4 Å². The van der Waals surface area contributed by atoms with E-state index < -0.39 is 97.5 Å². The summed E-state index contributed by atoms with van der Waals surface area (Å²) in [6, 6.07) is 0. The molecule has 4 unspecified atom stereocenters. The highest BCUT2D eigenvalue weighted by molar-refractivity contribution is 7.47. The van der Waals surface area contributed by atoms with Crippen LogP contribution < -0.4 is 0 Å². The molecule has 0 fully saturated rings. The Hall–Kier alpha value is -1.94. The number of ether oxygens (including phenoxy) is 4. The number of phosphoric ester groups is 2. The number of aliphatic hydroxyl groups is 1. The van der Waals surface area contributed by atoms with Crippen LogP contribution in [0.4, 0.5) is 0 Å². The summed E-state index contributed by atoms with van der Waals surface area (Å²) >= 11 is 0. The summed E-state index contributed by atoms with van der Waals surface area (Å²) in [5.74, 6) is 0.260. The lowest BCUT2D eigenvalue weighted by Gasteiger charge is -2.21. The van der Waals surface area contributed by atoms with E-state index in [9.17, 15) is 43.2 Å². The summed E-state index contributed by atoms with van der Waals surface area (Å²) in [6.45, 7) is 12.0. The fourth-order valence-electron chi connectivity index (χ4n) is 12.2. The topological polar surface area (TPSA) is 237 Å². The molecule has 0 aromatic heterocycles. The van der Waals surface area contributed by atoms with Gasteiger partial charge in [-0.2, -0.15) is 0 Å². The fourth-order valence-corrected chi connectivity index (χ4v) is 13.8. The molecule has 0 aromatic rings. The molecule has 19 heteroatoms. The molecule has 0 saturated carbocycles. The molecule has 588 valence electrons. The van der Waals surface area contributed by atoms with Crippen molar-refractivity contribution in [3.05, 3.63) is 0 Å². The Labute approximate surface area is 607 Å². The van der Waals surface area contributed by atoms with Crippen molar-refractivity contribution in [2.24, 2.45) is 17.8 Å². The minimum atomic E-state index is -4.96. The zero-order chi connectivity index (χ0) is 73.0. The molecule has 7 atom stereocenters. The Bertz CT molecular complexity index is 1930. The van der Waals surface area contributed by atoms with E-state index in [2.05, 4.69) is 48.5 Å². The van der Waals surface area contributed by atoms with E-state index in [4.69, 9.17) is 37.0 Å². The molecule has 0 rings (SSSR count). The van der Waals surface area contributed by atoms with Crippen LogP contribution in [0.25, 0.3) is 0 Å². The first-order chi connectivity index (χ1) is 47.8. The van der Waals surface area contributed by atoms with Crippen LogP contribution in [-0.4, -0.2) is 96.7 Å². The van der Waals surface area contributed by atoms with E-state index in [-0.39, 0.29) is 25.7 Å². The van der Waals surface area contributed by atoms with E-state index in [0.29, 0.717) is 25.7 Å². The van der Waals surface area contributed by atoms with Crippen LogP contribution in [0.3, 0.4) is 0 Å². The van der Waals surface area contributed by atoms with E-state index in [0.717, 1.165) is 108 Å². The van der Waals surface area contributed by atoms with Gasteiger partial charge in [0.25, 0.3) is 0 Å². The summed E-state index contributed by atoms with van der Waals surface area (Å²) < 4.78 is 68.7. The maximum atomic E-state index is 13.1. The molecule has 0 amide bonds. The molecule has 0 heterocycles. The molecule has 0 aliphatic rings. The SMILES string of the molecule is CCCCCCCCCCCCCCCCCCCC(=O)O[C@H](COC(=O)CCCCCCCCCCCCCCCC(C)C)COP(=O)(O)OC[C@@H](O)COP(=O)(O)OC[C@@H](COC(=O)CCCCCCCCCCC(C)CC)OC(=O)CCCCCCCCCCCCC(C)CC. The zero-order valence-corrected chi connectivity index (χ0v) is 66.8. The third-order valence-electron chi connectivity index (χ3n) is 19.4. The lowest BCUT2D eigenvalue weighted by atomic mass is 9.99. The second-order valence-electron chi connectivity index (χ2n) is 29.8. The van der Waals surface area contributed by atoms with Crippen LogP contribution in [0.1, 0.15) is 414 Å². The number of unbranched alkanes of at least 4 members (excludes halogenated alkanes) is 44. The molecule has 0 saturated heterocycles. The predicted octanol–water partition coefficient (Wildman–Crippen LogP) is 23.7. The van der Waals surface area contributed by atoms with E-state index in [1.54, 1.807) is 0 Å². The van der Waals surface area contributed by atoms with Gasteiger partial charge in [-0.05, 0) is 43.4 Å². The van der Waals surface area contributed by atoms with Gasteiger partial charge in [0.05, 0.1) is 26.4 Å². The smallest absolute Gasteiger partial charge is 0.462 e. The van der Waals surface area contributed by atoms with Gasteiger partial charge in [-0.15, -0.1) is 0 Å². The number of aliphatic hydroxyl groups excluding tert-OH is 1. The Balaban J connectivity index is 5.28. The molecule has 0 aliphatic carbocycles. The van der Waals surface area contributed by atoms with Gasteiger partial charge in [-0.25, -0.2) is 9.13 Å². The van der Waals surface area contributed by atoms with Gasteiger partial charge in [0, 0.05) is 25.7 Å². The van der Waals surface area contributed by atoms with Crippen LogP contribution >= 0.6 is 15.6 Å². The minimum Gasteiger partial charge on any atom is -0.462 e. The van der Waals surface area contributed by atoms with Crippen molar-refractivity contribution in [2.45, 2.75) is 433 Å². The van der Waals surface area contributed by atoms with Crippen molar-refractivity contribution in [3.63, 3.8) is 0 Å². The molecule has 0 radical (unpaired) electrons. The number of hydrogen-bond donors (Lipinski definition) is 3. The Kier molecular flexibility index (Phi) is 69.0. The van der Waals surface area contributed by atoms with Crippen molar-refractivity contribution in [1.29, 1.82) is 0 Å². The molecule has 0 spiro atoms. The Morgan fingerprint density at radius 1 is 0.293 bits per heavy atom. The lowest BCUT2D eigenvalue weighted by Crippen LogP contribution is -2.30. The highest BCUT2D eigenvalue weighted by Crippen LogP contribution is 2.45. The summed E-state index contributed by atoms with van der Waals surface area (Å²) in [7, 11) is -9.92. The number of hydrogen-bond acceptors (Lipinski definition) is 15. The standard InChI is InChI=1S/C80H156O17P2/c1-8-11-12-13-14-15-16-17-18-19-20-23-27-33-42-49-56-63-79(84)96-75(67-90-77(82)61-54-47-40-32-26-24-21-22-25-30-37-44-51-58-71(4)5)69-94-98(86,87)92-65-74(81)66-93-99(88,89)95-70-76(68-91-78(83)62-55-48-41-36-35-39-46-53-60-73(7)10-3)97-80(85)64-57-50-43-34-29-28-31-38-45-52-59-72(6)9-2/h71-76,81H,8-70H2,1-7H3,(H,86,87)(H,88,89)/t72?,73?,74-,75-,76-/m1/s1.